The van der Waals surface area contributed by atoms with E-state index in [-0.39, 0.29) is 5.91 Å². The Labute approximate surface area is 182 Å². The maximum atomic E-state index is 13.2. The Kier molecular flexibility index (Phi) is 6.95. The SMILES string of the molecule is CCOc1ccc(N2C(=O)/C(=C/c3ccc(OCC)cc3OCC)N(C)C2=S)cc1. The lowest BCUT2D eigenvalue weighted by atomic mass is 10.1. The van der Waals surface area contributed by atoms with Crippen molar-refractivity contribution in [2.45, 2.75) is 20.8 Å². The molecule has 0 N–H and O–H groups in total. The highest BCUT2D eigenvalue weighted by Gasteiger charge is 2.37. The number of thiocarbonyl (C=S) groups is 1. The second-order valence-corrected chi connectivity index (χ2v) is 6.87. The number of anilines is 1. The molecule has 30 heavy (non-hydrogen) atoms. The number of benzene rings is 2. The van der Waals surface area contributed by atoms with E-state index in [0.717, 1.165) is 17.1 Å². The molecule has 0 spiro atoms. The van der Waals surface area contributed by atoms with Crippen LogP contribution in [0.1, 0.15) is 26.3 Å². The summed E-state index contributed by atoms with van der Waals surface area (Å²) in [6.07, 6.45) is 1.80. The highest BCUT2D eigenvalue weighted by Crippen LogP contribution is 2.32. The first-order chi connectivity index (χ1) is 14.5. The van der Waals surface area contributed by atoms with Gasteiger partial charge in [-0.1, -0.05) is 0 Å². The molecule has 1 amide bonds. The van der Waals surface area contributed by atoms with Crippen LogP contribution in [0.15, 0.2) is 48.2 Å². The number of nitrogens with zero attached hydrogens (tertiary/aromatic N) is 2. The van der Waals surface area contributed by atoms with Crippen molar-refractivity contribution >= 4 is 35.0 Å². The fraction of sp³-hybridized carbons (Fsp3) is 0.304. The van der Waals surface area contributed by atoms with Gasteiger partial charge in [0.15, 0.2) is 5.11 Å². The number of hydrogen-bond donors (Lipinski definition) is 0. The van der Waals surface area contributed by atoms with Crippen LogP contribution in [0.4, 0.5) is 5.69 Å². The Balaban J connectivity index is 1.94. The van der Waals surface area contributed by atoms with Crippen LogP contribution in [0.3, 0.4) is 0 Å². The third-order valence-electron chi connectivity index (χ3n) is 4.56. The molecule has 0 atom stereocenters. The topological polar surface area (TPSA) is 51.2 Å². The molecule has 1 aliphatic heterocycles. The van der Waals surface area contributed by atoms with Crippen molar-refractivity contribution < 1.29 is 19.0 Å². The Morgan fingerprint density at radius 2 is 1.50 bits per heavy atom. The summed E-state index contributed by atoms with van der Waals surface area (Å²) in [6, 6.07) is 12.9. The van der Waals surface area contributed by atoms with Gasteiger partial charge in [-0.05, 0) is 75.5 Å². The lowest BCUT2D eigenvalue weighted by Gasteiger charge is -2.16. The van der Waals surface area contributed by atoms with E-state index in [1.165, 1.54) is 4.90 Å². The van der Waals surface area contributed by atoms with Crippen LogP contribution in [0.25, 0.3) is 6.08 Å². The van der Waals surface area contributed by atoms with Crippen molar-refractivity contribution in [3.63, 3.8) is 0 Å². The van der Waals surface area contributed by atoms with Gasteiger partial charge >= 0.3 is 0 Å². The van der Waals surface area contributed by atoms with Crippen molar-refractivity contribution in [2.75, 3.05) is 31.8 Å². The number of amides is 1. The summed E-state index contributed by atoms with van der Waals surface area (Å²) in [7, 11) is 1.79. The zero-order chi connectivity index (χ0) is 21.7. The number of carbonyl (C=O) groups excluding carboxylic acids is 1. The van der Waals surface area contributed by atoms with Gasteiger partial charge in [0.25, 0.3) is 5.91 Å². The Hall–Kier alpha value is -3.06. The second kappa shape index (κ2) is 9.63. The molecule has 0 radical (unpaired) electrons. The Bertz CT molecular complexity index is 956. The van der Waals surface area contributed by atoms with Crippen molar-refractivity contribution in [3.05, 3.63) is 53.7 Å². The molecular weight excluding hydrogens is 400 g/mol. The monoisotopic (exact) mass is 426 g/mol. The average molecular weight is 427 g/mol. The van der Waals surface area contributed by atoms with Crippen LogP contribution < -0.4 is 19.1 Å². The van der Waals surface area contributed by atoms with Crippen LogP contribution in [0.2, 0.25) is 0 Å². The minimum absolute atomic E-state index is 0.192. The summed E-state index contributed by atoms with van der Waals surface area (Å²) in [6.45, 7) is 7.43. The number of ether oxygens (including phenoxy) is 3. The molecule has 1 aliphatic rings. The first-order valence-electron chi connectivity index (χ1n) is 9.96. The summed E-state index contributed by atoms with van der Waals surface area (Å²) in [5, 5.41) is 0.416. The van der Waals surface area contributed by atoms with E-state index in [4.69, 9.17) is 26.4 Å². The number of rotatable bonds is 8. The average Bonchev–Trinajstić information content (AvgIpc) is 2.94. The largest absolute Gasteiger partial charge is 0.494 e. The quantitative estimate of drug-likeness (QED) is 0.458. The minimum Gasteiger partial charge on any atom is -0.494 e. The first-order valence-corrected chi connectivity index (χ1v) is 10.4. The number of likely N-dealkylation sites (N-methyl/N-ethyl adjacent to an activating group) is 1. The molecule has 0 aromatic heterocycles. The van der Waals surface area contributed by atoms with E-state index >= 15 is 0 Å². The molecule has 0 bridgehead atoms. The van der Waals surface area contributed by atoms with Gasteiger partial charge in [0.1, 0.15) is 22.9 Å². The summed E-state index contributed by atoms with van der Waals surface area (Å²) in [5.74, 6) is 1.94. The molecule has 0 saturated carbocycles. The second-order valence-electron chi connectivity index (χ2n) is 6.50. The van der Waals surface area contributed by atoms with Gasteiger partial charge in [-0.2, -0.15) is 0 Å². The van der Waals surface area contributed by atoms with Gasteiger partial charge < -0.3 is 19.1 Å². The van der Waals surface area contributed by atoms with Crippen molar-refractivity contribution in [1.29, 1.82) is 0 Å². The van der Waals surface area contributed by atoms with Crippen LogP contribution in [0, 0.1) is 0 Å². The van der Waals surface area contributed by atoms with Crippen LogP contribution in [-0.2, 0) is 4.79 Å². The Morgan fingerprint density at radius 1 is 0.900 bits per heavy atom. The fourth-order valence-electron chi connectivity index (χ4n) is 3.16. The predicted molar refractivity (Wildman–Crippen MR) is 122 cm³/mol. The van der Waals surface area contributed by atoms with E-state index in [1.54, 1.807) is 18.0 Å². The van der Waals surface area contributed by atoms with Gasteiger partial charge in [-0.3, -0.25) is 9.69 Å². The zero-order valence-electron chi connectivity index (χ0n) is 17.7. The van der Waals surface area contributed by atoms with Crippen molar-refractivity contribution in [2.24, 2.45) is 0 Å². The van der Waals surface area contributed by atoms with Gasteiger partial charge in [0.2, 0.25) is 0 Å². The van der Waals surface area contributed by atoms with Gasteiger partial charge in [-0.15, -0.1) is 0 Å². The third kappa shape index (κ3) is 4.41. The molecule has 1 fully saturated rings. The van der Waals surface area contributed by atoms with Crippen LogP contribution in [-0.4, -0.2) is 42.8 Å². The molecule has 0 unspecified atom stereocenters. The summed E-state index contributed by atoms with van der Waals surface area (Å²) in [4.78, 5) is 16.4. The molecule has 2 aromatic carbocycles. The van der Waals surface area contributed by atoms with Gasteiger partial charge in [-0.25, -0.2) is 0 Å². The summed E-state index contributed by atoms with van der Waals surface area (Å²) < 4.78 is 16.8. The smallest absolute Gasteiger partial charge is 0.281 e. The highest BCUT2D eigenvalue weighted by molar-refractivity contribution is 7.80. The van der Waals surface area contributed by atoms with E-state index in [9.17, 15) is 4.79 Å². The molecule has 3 rings (SSSR count). The maximum Gasteiger partial charge on any atom is 0.281 e. The molecule has 1 saturated heterocycles. The van der Waals surface area contributed by atoms with E-state index in [1.807, 2.05) is 63.2 Å². The minimum atomic E-state index is -0.192. The molecule has 0 aliphatic carbocycles. The molecule has 7 heteroatoms. The van der Waals surface area contributed by atoms with Gasteiger partial charge in [0, 0.05) is 18.7 Å². The van der Waals surface area contributed by atoms with Crippen LogP contribution in [0.5, 0.6) is 17.2 Å². The normalized spacial score (nSPS) is 15.1. The zero-order valence-corrected chi connectivity index (χ0v) is 18.5. The first kappa shape index (κ1) is 21.6. The van der Waals surface area contributed by atoms with Crippen molar-refractivity contribution in [3.8, 4) is 17.2 Å². The molecular formula is C23H26N2O4S. The molecule has 158 valence electrons. The standard InChI is InChI=1S/C23H26N2O4S/c1-5-27-18-12-9-17(10-13-18)25-22(26)20(24(4)23(25)30)14-16-8-11-19(28-6-2)15-21(16)29-7-3/h8-15H,5-7H2,1-4H3/b20-14-. The Morgan fingerprint density at radius 3 is 2.13 bits per heavy atom. The van der Waals surface area contributed by atoms with Gasteiger partial charge in [0.05, 0.1) is 25.5 Å². The molecule has 2 aromatic rings. The molecule has 6 nitrogen and oxygen atoms in total. The predicted octanol–water partition coefficient (Wildman–Crippen LogP) is 4.49. The van der Waals surface area contributed by atoms with E-state index < -0.39 is 0 Å². The fourth-order valence-corrected chi connectivity index (χ4v) is 3.45. The lowest BCUT2D eigenvalue weighted by Crippen LogP contribution is -2.31. The van der Waals surface area contributed by atoms with E-state index in [2.05, 4.69) is 0 Å². The third-order valence-corrected chi connectivity index (χ3v) is 5.01. The maximum absolute atomic E-state index is 13.2. The van der Waals surface area contributed by atoms with Crippen molar-refractivity contribution in [1.82, 2.24) is 4.90 Å². The molecule has 1 heterocycles. The number of hydrogen-bond acceptors (Lipinski definition) is 5. The lowest BCUT2D eigenvalue weighted by molar-refractivity contribution is -0.114. The summed E-state index contributed by atoms with van der Waals surface area (Å²) in [5.41, 5.74) is 1.95. The number of carbonyl (C=O) groups is 1. The summed E-state index contributed by atoms with van der Waals surface area (Å²) >= 11 is 5.55. The van der Waals surface area contributed by atoms with E-state index in [0.29, 0.717) is 42.1 Å². The highest BCUT2D eigenvalue weighted by atomic mass is 32.1. The van der Waals surface area contributed by atoms with Crippen LogP contribution >= 0.6 is 12.2 Å².